The average Bonchev–Trinajstić information content (AvgIpc) is 2.80. The van der Waals surface area contributed by atoms with Gasteiger partial charge in [0.25, 0.3) is 0 Å². The maximum Gasteiger partial charge on any atom is 0.341 e. The van der Waals surface area contributed by atoms with Gasteiger partial charge in [-0.1, -0.05) is 6.07 Å². The Kier molecular flexibility index (Phi) is 3.22. The molecule has 1 aromatic heterocycles. The fourth-order valence-corrected chi connectivity index (χ4v) is 2.04. The van der Waals surface area contributed by atoms with Crippen LogP contribution in [0.3, 0.4) is 0 Å². The summed E-state index contributed by atoms with van der Waals surface area (Å²) in [5.74, 6) is -0.398. The van der Waals surface area contributed by atoms with Gasteiger partial charge in [0, 0.05) is 4.88 Å². The number of rotatable bonds is 4. The predicted octanol–water partition coefficient (Wildman–Crippen LogP) is 2.88. The standard InChI is InChI=1S/C12H10O3S/c13-12(14)8-15-10-5-3-9(4-6-10)11-2-1-7-16-11/h1-7H,8H2,(H,13,14). The van der Waals surface area contributed by atoms with E-state index in [4.69, 9.17) is 9.84 Å². The SMILES string of the molecule is O=C(O)COc1ccc(-c2cccs2)cc1. The molecule has 0 fully saturated rings. The van der Waals surface area contributed by atoms with Gasteiger partial charge in [0.15, 0.2) is 6.61 Å². The van der Waals surface area contributed by atoms with Crippen molar-refractivity contribution in [2.45, 2.75) is 0 Å². The summed E-state index contributed by atoms with van der Waals surface area (Å²) in [5.41, 5.74) is 1.11. The van der Waals surface area contributed by atoms with Crippen molar-refractivity contribution < 1.29 is 14.6 Å². The first kappa shape index (κ1) is 10.7. The fraction of sp³-hybridized carbons (Fsp3) is 0.0833. The zero-order valence-corrected chi connectivity index (χ0v) is 9.24. The van der Waals surface area contributed by atoms with Crippen LogP contribution in [-0.2, 0) is 4.79 Å². The van der Waals surface area contributed by atoms with Gasteiger partial charge in [0.05, 0.1) is 0 Å². The molecule has 0 aliphatic heterocycles. The molecule has 0 atom stereocenters. The molecule has 0 aliphatic rings. The number of aliphatic carboxylic acids is 1. The largest absolute Gasteiger partial charge is 0.482 e. The molecule has 1 N–H and O–H groups in total. The third-order valence-corrected chi connectivity index (χ3v) is 2.94. The van der Waals surface area contributed by atoms with Crippen molar-refractivity contribution in [3.05, 3.63) is 41.8 Å². The Morgan fingerprint density at radius 3 is 2.56 bits per heavy atom. The fourth-order valence-electron chi connectivity index (χ4n) is 1.30. The van der Waals surface area contributed by atoms with Crippen molar-refractivity contribution in [3.8, 4) is 16.2 Å². The second kappa shape index (κ2) is 4.81. The van der Waals surface area contributed by atoms with Crippen LogP contribution < -0.4 is 4.74 Å². The lowest BCUT2D eigenvalue weighted by molar-refractivity contribution is -0.139. The van der Waals surface area contributed by atoms with Crippen LogP contribution in [0.1, 0.15) is 0 Å². The summed E-state index contributed by atoms with van der Waals surface area (Å²) in [4.78, 5) is 11.5. The van der Waals surface area contributed by atoms with Crippen LogP contribution in [0.2, 0.25) is 0 Å². The maximum atomic E-state index is 10.3. The molecule has 0 saturated carbocycles. The Balaban J connectivity index is 2.08. The maximum absolute atomic E-state index is 10.3. The van der Waals surface area contributed by atoms with Gasteiger partial charge >= 0.3 is 5.97 Å². The first-order chi connectivity index (χ1) is 7.75. The quantitative estimate of drug-likeness (QED) is 0.884. The molecular formula is C12H10O3S. The van der Waals surface area contributed by atoms with Crippen LogP contribution in [0.4, 0.5) is 0 Å². The molecule has 3 nitrogen and oxygen atoms in total. The summed E-state index contributed by atoms with van der Waals surface area (Å²) >= 11 is 1.67. The number of hydrogen-bond acceptors (Lipinski definition) is 3. The third kappa shape index (κ3) is 2.61. The predicted molar refractivity (Wildman–Crippen MR) is 62.9 cm³/mol. The van der Waals surface area contributed by atoms with Crippen molar-refractivity contribution in [3.63, 3.8) is 0 Å². The second-order valence-corrected chi connectivity index (χ2v) is 4.13. The normalized spacial score (nSPS) is 10.0. The van der Waals surface area contributed by atoms with E-state index in [2.05, 4.69) is 0 Å². The summed E-state index contributed by atoms with van der Waals surface area (Å²) in [6.07, 6.45) is 0. The highest BCUT2D eigenvalue weighted by molar-refractivity contribution is 7.13. The van der Waals surface area contributed by atoms with E-state index < -0.39 is 5.97 Å². The Hall–Kier alpha value is -1.81. The highest BCUT2D eigenvalue weighted by Gasteiger charge is 2.01. The van der Waals surface area contributed by atoms with Crippen LogP contribution in [0.5, 0.6) is 5.75 Å². The molecule has 0 amide bonds. The number of hydrogen-bond donors (Lipinski definition) is 1. The van der Waals surface area contributed by atoms with E-state index in [9.17, 15) is 4.79 Å². The van der Waals surface area contributed by atoms with Crippen LogP contribution in [0, 0.1) is 0 Å². The van der Waals surface area contributed by atoms with Crippen LogP contribution >= 0.6 is 11.3 Å². The number of thiophene rings is 1. The molecular weight excluding hydrogens is 224 g/mol. The Morgan fingerprint density at radius 2 is 2.00 bits per heavy atom. The summed E-state index contributed by atoms with van der Waals surface area (Å²) in [6, 6.07) is 11.4. The number of carbonyl (C=O) groups is 1. The average molecular weight is 234 g/mol. The third-order valence-electron chi connectivity index (χ3n) is 2.02. The van der Waals surface area contributed by atoms with Crippen LogP contribution in [-0.4, -0.2) is 17.7 Å². The molecule has 1 aromatic carbocycles. The van der Waals surface area contributed by atoms with Gasteiger partial charge in [-0.05, 0) is 41.3 Å². The zero-order valence-electron chi connectivity index (χ0n) is 8.42. The number of carboxylic acid groups (broad SMARTS) is 1. The molecule has 2 aromatic rings. The van der Waals surface area contributed by atoms with E-state index in [1.54, 1.807) is 23.5 Å². The minimum Gasteiger partial charge on any atom is -0.482 e. The molecule has 4 heteroatoms. The Labute approximate surface area is 96.9 Å². The summed E-state index contributed by atoms with van der Waals surface area (Å²) in [6.45, 7) is -0.307. The summed E-state index contributed by atoms with van der Waals surface area (Å²) in [7, 11) is 0. The van der Waals surface area contributed by atoms with Gasteiger partial charge in [0.1, 0.15) is 5.75 Å². The smallest absolute Gasteiger partial charge is 0.341 e. The molecule has 82 valence electrons. The minimum atomic E-state index is -0.970. The monoisotopic (exact) mass is 234 g/mol. The first-order valence-corrected chi connectivity index (χ1v) is 5.62. The number of ether oxygens (including phenoxy) is 1. The zero-order chi connectivity index (χ0) is 11.4. The second-order valence-electron chi connectivity index (χ2n) is 3.18. The lowest BCUT2D eigenvalue weighted by atomic mass is 10.2. The molecule has 0 unspecified atom stereocenters. The molecule has 2 rings (SSSR count). The van der Waals surface area contributed by atoms with E-state index >= 15 is 0 Å². The Morgan fingerprint density at radius 1 is 1.25 bits per heavy atom. The van der Waals surface area contributed by atoms with Gasteiger partial charge in [0.2, 0.25) is 0 Å². The molecule has 0 saturated heterocycles. The molecule has 0 radical (unpaired) electrons. The summed E-state index contributed by atoms with van der Waals surface area (Å²) in [5, 5.41) is 10.5. The highest BCUT2D eigenvalue weighted by atomic mass is 32.1. The van der Waals surface area contributed by atoms with E-state index in [0.717, 1.165) is 5.56 Å². The molecule has 0 bridgehead atoms. The van der Waals surface area contributed by atoms with Gasteiger partial charge in [-0.2, -0.15) is 0 Å². The van der Waals surface area contributed by atoms with Crippen LogP contribution in [0.15, 0.2) is 41.8 Å². The van der Waals surface area contributed by atoms with E-state index in [0.29, 0.717) is 5.75 Å². The van der Waals surface area contributed by atoms with Crippen molar-refractivity contribution in [1.29, 1.82) is 0 Å². The van der Waals surface area contributed by atoms with E-state index in [-0.39, 0.29) is 6.61 Å². The Bertz CT molecular complexity index is 460. The van der Waals surface area contributed by atoms with Gasteiger partial charge in [-0.3, -0.25) is 0 Å². The van der Waals surface area contributed by atoms with Gasteiger partial charge in [-0.25, -0.2) is 4.79 Å². The van der Waals surface area contributed by atoms with Crippen molar-refractivity contribution in [2.24, 2.45) is 0 Å². The number of carboxylic acids is 1. The number of benzene rings is 1. The lowest BCUT2D eigenvalue weighted by Crippen LogP contribution is -2.09. The topological polar surface area (TPSA) is 46.5 Å². The first-order valence-electron chi connectivity index (χ1n) is 4.74. The molecule has 0 spiro atoms. The lowest BCUT2D eigenvalue weighted by Gasteiger charge is -2.03. The van der Waals surface area contributed by atoms with E-state index in [1.807, 2.05) is 29.6 Å². The van der Waals surface area contributed by atoms with Crippen molar-refractivity contribution in [2.75, 3.05) is 6.61 Å². The van der Waals surface area contributed by atoms with Crippen LogP contribution in [0.25, 0.3) is 10.4 Å². The molecule has 0 aliphatic carbocycles. The summed E-state index contributed by atoms with van der Waals surface area (Å²) < 4.78 is 5.04. The van der Waals surface area contributed by atoms with Crippen molar-refractivity contribution in [1.82, 2.24) is 0 Å². The minimum absolute atomic E-state index is 0.307. The molecule has 1 heterocycles. The van der Waals surface area contributed by atoms with Gasteiger partial charge < -0.3 is 9.84 Å². The highest BCUT2D eigenvalue weighted by Crippen LogP contribution is 2.26. The van der Waals surface area contributed by atoms with Gasteiger partial charge in [-0.15, -0.1) is 11.3 Å². The van der Waals surface area contributed by atoms with Crippen molar-refractivity contribution >= 4 is 17.3 Å². The van der Waals surface area contributed by atoms with E-state index in [1.165, 1.54) is 4.88 Å². The molecule has 16 heavy (non-hydrogen) atoms.